The van der Waals surface area contributed by atoms with Crippen molar-refractivity contribution in [2.24, 2.45) is 5.92 Å². The molecule has 0 bridgehead atoms. The first kappa shape index (κ1) is 28.1. The third kappa shape index (κ3) is 5.20. The fourth-order valence-corrected chi connectivity index (χ4v) is 4.71. The molecular formula is C25H27F5N2O6. The van der Waals surface area contributed by atoms with Crippen LogP contribution in [0.5, 0.6) is 5.75 Å². The monoisotopic (exact) mass is 546 g/mol. The number of carbonyl (C=O) groups is 1. The number of anilines is 1. The maximum absolute atomic E-state index is 15.0. The van der Waals surface area contributed by atoms with Gasteiger partial charge in [0.1, 0.15) is 18.3 Å². The summed E-state index contributed by atoms with van der Waals surface area (Å²) < 4.78 is 88.0. The van der Waals surface area contributed by atoms with Crippen molar-refractivity contribution in [1.82, 2.24) is 4.98 Å². The maximum atomic E-state index is 15.0. The lowest BCUT2D eigenvalue weighted by Crippen LogP contribution is -2.47. The van der Waals surface area contributed by atoms with E-state index in [1.807, 2.05) is 0 Å². The second-order valence-electron chi connectivity index (χ2n) is 9.50. The summed E-state index contributed by atoms with van der Waals surface area (Å²) in [7, 11) is 0. The Bertz CT molecular complexity index is 1160. The SMILES string of the molecule is C[C@H]1[C@@H](c2ccc(F)c(F)c2O[C@H]2CCOC2)[C@H](C(=O)Nc2ccc([C@@H](O)CO)nc2)O[C@@]1(C)C(F)(F)F. The van der Waals surface area contributed by atoms with Crippen molar-refractivity contribution >= 4 is 11.6 Å². The smallest absolute Gasteiger partial charge is 0.417 e. The van der Waals surface area contributed by atoms with Gasteiger partial charge in [0.05, 0.1) is 37.4 Å². The Kier molecular flexibility index (Phi) is 7.94. The van der Waals surface area contributed by atoms with Gasteiger partial charge < -0.3 is 29.7 Å². The zero-order valence-corrected chi connectivity index (χ0v) is 20.5. The lowest BCUT2D eigenvalue weighted by atomic mass is 9.77. The molecule has 0 radical (unpaired) electrons. The summed E-state index contributed by atoms with van der Waals surface area (Å²) >= 11 is 0. The molecule has 2 fully saturated rings. The highest BCUT2D eigenvalue weighted by Gasteiger charge is 2.66. The number of hydrogen-bond donors (Lipinski definition) is 3. The van der Waals surface area contributed by atoms with E-state index in [2.05, 4.69) is 10.3 Å². The zero-order valence-electron chi connectivity index (χ0n) is 20.5. The summed E-state index contributed by atoms with van der Waals surface area (Å²) in [5.41, 5.74) is -2.76. The quantitative estimate of drug-likeness (QED) is 0.455. The zero-order chi connectivity index (χ0) is 27.8. The second-order valence-corrected chi connectivity index (χ2v) is 9.50. The summed E-state index contributed by atoms with van der Waals surface area (Å²) in [6.07, 6.45) is -7.07. The molecule has 2 aliphatic rings. The van der Waals surface area contributed by atoms with Gasteiger partial charge in [0.2, 0.25) is 5.82 Å². The van der Waals surface area contributed by atoms with E-state index in [9.17, 15) is 31.9 Å². The number of ether oxygens (including phenoxy) is 3. The van der Waals surface area contributed by atoms with Gasteiger partial charge in [0.25, 0.3) is 5.91 Å². The van der Waals surface area contributed by atoms with Gasteiger partial charge in [-0.15, -0.1) is 0 Å². The lowest BCUT2D eigenvalue weighted by molar-refractivity contribution is -0.272. The fraction of sp³-hybridized carbons (Fsp3) is 0.520. The van der Waals surface area contributed by atoms with Crippen LogP contribution in [0, 0.1) is 17.6 Å². The van der Waals surface area contributed by atoms with Crippen LogP contribution in [0.1, 0.15) is 43.5 Å². The van der Waals surface area contributed by atoms with E-state index in [4.69, 9.17) is 19.3 Å². The number of aliphatic hydroxyl groups excluding tert-OH is 2. The molecule has 2 saturated heterocycles. The van der Waals surface area contributed by atoms with Crippen molar-refractivity contribution in [2.45, 2.75) is 56.3 Å². The number of nitrogens with zero attached hydrogens (tertiary/aromatic N) is 1. The van der Waals surface area contributed by atoms with Gasteiger partial charge in [-0.25, -0.2) is 4.39 Å². The molecule has 2 aliphatic heterocycles. The summed E-state index contributed by atoms with van der Waals surface area (Å²) in [6.45, 7) is 1.84. The first-order valence-corrected chi connectivity index (χ1v) is 11.9. The maximum Gasteiger partial charge on any atom is 0.417 e. The number of hydrogen-bond acceptors (Lipinski definition) is 7. The number of rotatable bonds is 7. The average Bonchev–Trinajstić information content (AvgIpc) is 3.49. The van der Waals surface area contributed by atoms with Crippen molar-refractivity contribution in [1.29, 1.82) is 0 Å². The van der Waals surface area contributed by atoms with Crippen LogP contribution in [0.3, 0.4) is 0 Å². The van der Waals surface area contributed by atoms with Gasteiger partial charge in [-0.2, -0.15) is 17.6 Å². The Hall–Kier alpha value is -2.87. The summed E-state index contributed by atoms with van der Waals surface area (Å²) in [5.74, 6) is -7.00. The molecule has 1 aromatic carbocycles. The van der Waals surface area contributed by atoms with Gasteiger partial charge in [0.15, 0.2) is 17.2 Å². The molecule has 4 rings (SSSR count). The Balaban J connectivity index is 1.72. The Morgan fingerprint density at radius 3 is 2.61 bits per heavy atom. The first-order valence-electron chi connectivity index (χ1n) is 11.9. The molecule has 0 saturated carbocycles. The third-order valence-electron chi connectivity index (χ3n) is 7.11. The molecule has 13 heteroatoms. The van der Waals surface area contributed by atoms with Crippen LogP contribution < -0.4 is 10.1 Å². The van der Waals surface area contributed by atoms with Crippen LogP contribution in [-0.2, 0) is 14.3 Å². The van der Waals surface area contributed by atoms with E-state index in [0.717, 1.165) is 25.3 Å². The van der Waals surface area contributed by atoms with E-state index < -0.39 is 71.8 Å². The van der Waals surface area contributed by atoms with Crippen molar-refractivity contribution in [3.8, 4) is 5.75 Å². The van der Waals surface area contributed by atoms with E-state index >= 15 is 0 Å². The van der Waals surface area contributed by atoms with Crippen molar-refractivity contribution in [3.05, 3.63) is 53.4 Å². The second kappa shape index (κ2) is 10.7. The number of aliphatic hydroxyl groups is 2. The predicted molar refractivity (Wildman–Crippen MR) is 122 cm³/mol. The normalized spacial score (nSPS) is 28.3. The molecule has 3 heterocycles. The molecule has 0 unspecified atom stereocenters. The molecule has 3 N–H and O–H groups in total. The topological polar surface area (TPSA) is 110 Å². The van der Waals surface area contributed by atoms with Gasteiger partial charge in [-0.3, -0.25) is 9.78 Å². The number of halogens is 5. The minimum absolute atomic E-state index is 0.0735. The number of pyridine rings is 1. The molecular weight excluding hydrogens is 519 g/mol. The first-order chi connectivity index (χ1) is 17.9. The number of nitrogens with one attached hydrogen (secondary N) is 1. The van der Waals surface area contributed by atoms with Crippen molar-refractivity contribution in [3.63, 3.8) is 0 Å². The number of aromatic nitrogens is 1. The molecule has 2 aromatic rings. The lowest BCUT2D eigenvalue weighted by Gasteiger charge is -2.32. The summed E-state index contributed by atoms with van der Waals surface area (Å²) in [6, 6.07) is 4.52. The number of alkyl halides is 3. The van der Waals surface area contributed by atoms with Crippen LogP contribution in [0.25, 0.3) is 0 Å². The van der Waals surface area contributed by atoms with Crippen LogP contribution in [-0.4, -0.2) is 64.9 Å². The Morgan fingerprint density at radius 1 is 1.29 bits per heavy atom. The molecule has 1 aromatic heterocycles. The minimum atomic E-state index is -4.90. The summed E-state index contributed by atoms with van der Waals surface area (Å²) in [5, 5.41) is 21.1. The molecule has 38 heavy (non-hydrogen) atoms. The van der Waals surface area contributed by atoms with Crippen LogP contribution in [0.4, 0.5) is 27.6 Å². The van der Waals surface area contributed by atoms with Crippen LogP contribution >= 0.6 is 0 Å². The number of carbonyl (C=O) groups excluding carboxylic acids is 1. The molecule has 8 nitrogen and oxygen atoms in total. The average molecular weight is 546 g/mol. The van der Waals surface area contributed by atoms with Gasteiger partial charge in [0, 0.05) is 23.8 Å². The summed E-state index contributed by atoms with van der Waals surface area (Å²) in [4.78, 5) is 17.2. The molecule has 0 spiro atoms. The number of benzene rings is 1. The third-order valence-corrected chi connectivity index (χ3v) is 7.11. The predicted octanol–water partition coefficient (Wildman–Crippen LogP) is 3.63. The Morgan fingerprint density at radius 2 is 2.03 bits per heavy atom. The molecule has 6 atom stereocenters. The van der Waals surface area contributed by atoms with Crippen LogP contribution in [0.2, 0.25) is 0 Å². The van der Waals surface area contributed by atoms with E-state index in [0.29, 0.717) is 13.0 Å². The standard InChI is InChI=1S/C25H27F5N2O6/c1-12-19(15-4-5-16(26)20(27)21(15)37-14-7-8-36-11-14)22(38-24(12,2)25(28,29)30)23(35)32-13-3-6-17(31-9-13)18(34)10-33/h3-6,9,12,14,18-19,22,33-34H,7-8,10-11H2,1-2H3,(H,32,35)/t12-,14-,18-,19-,22+,24+/m0/s1. The number of amides is 1. The fourth-order valence-electron chi connectivity index (χ4n) is 4.71. The van der Waals surface area contributed by atoms with Crippen molar-refractivity contribution in [2.75, 3.05) is 25.1 Å². The van der Waals surface area contributed by atoms with Gasteiger partial charge in [-0.05, 0) is 25.1 Å². The van der Waals surface area contributed by atoms with Gasteiger partial charge >= 0.3 is 6.18 Å². The van der Waals surface area contributed by atoms with Gasteiger partial charge in [-0.1, -0.05) is 13.0 Å². The molecule has 1 amide bonds. The van der Waals surface area contributed by atoms with E-state index in [-0.39, 0.29) is 23.6 Å². The molecule has 0 aliphatic carbocycles. The van der Waals surface area contributed by atoms with Crippen molar-refractivity contribution < 1.29 is 51.2 Å². The highest BCUT2D eigenvalue weighted by molar-refractivity contribution is 5.95. The largest absolute Gasteiger partial charge is 0.484 e. The minimum Gasteiger partial charge on any atom is -0.484 e. The van der Waals surface area contributed by atoms with E-state index in [1.165, 1.54) is 19.1 Å². The highest BCUT2D eigenvalue weighted by Crippen LogP contribution is 2.55. The highest BCUT2D eigenvalue weighted by atomic mass is 19.4. The molecule has 208 valence electrons. The van der Waals surface area contributed by atoms with Crippen LogP contribution in [0.15, 0.2) is 30.5 Å². The Labute approximate surface area is 214 Å². The van der Waals surface area contributed by atoms with E-state index in [1.54, 1.807) is 0 Å².